The molecule has 2 rings (SSSR count). The molecule has 1 fully saturated rings. The highest BCUT2D eigenvalue weighted by Crippen LogP contribution is 2.24. The minimum atomic E-state index is 0.282. The van der Waals surface area contributed by atoms with Crippen molar-refractivity contribution in [1.29, 1.82) is 0 Å². The monoisotopic (exact) mass is 262 g/mol. The van der Waals surface area contributed by atoms with Crippen molar-refractivity contribution < 1.29 is 4.79 Å². The molecule has 2 heterocycles. The lowest BCUT2D eigenvalue weighted by Crippen LogP contribution is -2.23. The fourth-order valence-electron chi connectivity index (χ4n) is 2.14. The standard InChI is InChI=1S/C14H18N2OS/c1-2-11-8-14(17)16(9-11)10-13-6-5-12(18-13)4-3-7-15/h5-6,11H,2,7-10,15H2,1H3. The summed E-state index contributed by atoms with van der Waals surface area (Å²) in [6.07, 6.45) is 1.79. The van der Waals surface area contributed by atoms with Crippen molar-refractivity contribution in [3.05, 3.63) is 21.9 Å². The molecule has 2 N–H and O–H groups in total. The van der Waals surface area contributed by atoms with Crippen molar-refractivity contribution >= 4 is 17.2 Å². The average Bonchev–Trinajstić information content (AvgIpc) is 2.95. The van der Waals surface area contributed by atoms with Crippen molar-refractivity contribution in [1.82, 2.24) is 4.90 Å². The predicted octanol–water partition coefficient (Wildman–Crippen LogP) is 1.82. The number of nitrogens with zero attached hydrogens (tertiary/aromatic N) is 1. The van der Waals surface area contributed by atoms with Crippen LogP contribution in [0.15, 0.2) is 12.1 Å². The molecule has 3 nitrogen and oxygen atoms in total. The second kappa shape index (κ2) is 6.03. The summed E-state index contributed by atoms with van der Waals surface area (Å²) in [6.45, 7) is 4.16. The summed E-state index contributed by atoms with van der Waals surface area (Å²) in [5, 5.41) is 0. The number of rotatable bonds is 3. The molecular formula is C14H18N2OS. The molecule has 0 spiro atoms. The lowest BCUT2D eigenvalue weighted by Gasteiger charge is -2.14. The zero-order chi connectivity index (χ0) is 13.0. The second-order valence-electron chi connectivity index (χ2n) is 4.52. The van der Waals surface area contributed by atoms with Crippen LogP contribution in [0.1, 0.15) is 29.5 Å². The van der Waals surface area contributed by atoms with Gasteiger partial charge < -0.3 is 10.6 Å². The van der Waals surface area contributed by atoms with Gasteiger partial charge in [-0.15, -0.1) is 11.3 Å². The minimum absolute atomic E-state index is 0.282. The van der Waals surface area contributed by atoms with Crippen LogP contribution in [0, 0.1) is 17.8 Å². The molecule has 0 saturated carbocycles. The van der Waals surface area contributed by atoms with E-state index in [1.54, 1.807) is 11.3 Å². The van der Waals surface area contributed by atoms with Gasteiger partial charge in [-0.2, -0.15) is 0 Å². The number of amides is 1. The van der Waals surface area contributed by atoms with Crippen molar-refractivity contribution in [3.8, 4) is 11.8 Å². The maximum Gasteiger partial charge on any atom is 0.223 e. The van der Waals surface area contributed by atoms with Gasteiger partial charge in [0.2, 0.25) is 5.91 Å². The van der Waals surface area contributed by atoms with E-state index in [1.165, 1.54) is 4.88 Å². The van der Waals surface area contributed by atoms with Gasteiger partial charge in [-0.05, 0) is 18.1 Å². The maximum atomic E-state index is 11.8. The molecule has 1 saturated heterocycles. The molecule has 1 unspecified atom stereocenters. The Hall–Kier alpha value is -1.31. The van der Waals surface area contributed by atoms with Crippen molar-refractivity contribution in [2.45, 2.75) is 26.3 Å². The molecule has 0 aliphatic carbocycles. The number of carbonyl (C=O) groups is 1. The summed E-state index contributed by atoms with van der Waals surface area (Å²) in [4.78, 5) is 16.0. The van der Waals surface area contributed by atoms with Gasteiger partial charge in [-0.1, -0.05) is 25.2 Å². The van der Waals surface area contributed by atoms with Gasteiger partial charge in [0.15, 0.2) is 0 Å². The second-order valence-corrected chi connectivity index (χ2v) is 5.69. The predicted molar refractivity (Wildman–Crippen MR) is 74.1 cm³/mol. The first-order valence-corrected chi connectivity index (χ1v) is 7.10. The molecular weight excluding hydrogens is 244 g/mol. The quantitative estimate of drug-likeness (QED) is 0.845. The van der Waals surface area contributed by atoms with Crippen LogP contribution >= 0.6 is 11.3 Å². The Labute approximate surface area is 112 Å². The number of likely N-dealkylation sites (tertiary alicyclic amines) is 1. The lowest BCUT2D eigenvalue weighted by molar-refractivity contribution is -0.128. The third-order valence-electron chi connectivity index (χ3n) is 3.19. The Morgan fingerprint density at radius 1 is 1.56 bits per heavy atom. The highest BCUT2D eigenvalue weighted by molar-refractivity contribution is 7.12. The van der Waals surface area contributed by atoms with E-state index >= 15 is 0 Å². The smallest absolute Gasteiger partial charge is 0.223 e. The zero-order valence-corrected chi connectivity index (χ0v) is 11.4. The summed E-state index contributed by atoms with van der Waals surface area (Å²) in [5.41, 5.74) is 5.34. The summed E-state index contributed by atoms with van der Waals surface area (Å²) in [7, 11) is 0. The van der Waals surface area contributed by atoms with E-state index < -0.39 is 0 Å². The number of thiophene rings is 1. The first-order valence-electron chi connectivity index (χ1n) is 6.28. The number of hydrogen-bond acceptors (Lipinski definition) is 3. The Morgan fingerprint density at radius 3 is 3.06 bits per heavy atom. The zero-order valence-electron chi connectivity index (χ0n) is 10.6. The van der Waals surface area contributed by atoms with Gasteiger partial charge in [0, 0.05) is 17.8 Å². The van der Waals surface area contributed by atoms with Gasteiger partial charge in [0.25, 0.3) is 0 Å². The summed E-state index contributed by atoms with van der Waals surface area (Å²) in [5.74, 6) is 6.68. The van der Waals surface area contributed by atoms with E-state index in [0.717, 1.165) is 24.4 Å². The summed E-state index contributed by atoms with van der Waals surface area (Å²) in [6, 6.07) is 4.05. The van der Waals surface area contributed by atoms with E-state index in [-0.39, 0.29) is 5.91 Å². The number of carbonyl (C=O) groups excluding carboxylic acids is 1. The van der Waals surface area contributed by atoms with Gasteiger partial charge in [-0.25, -0.2) is 0 Å². The molecule has 4 heteroatoms. The van der Waals surface area contributed by atoms with E-state index in [2.05, 4.69) is 24.8 Å². The van der Waals surface area contributed by atoms with E-state index in [1.807, 2.05) is 11.0 Å². The number of nitrogens with two attached hydrogens (primary N) is 1. The lowest BCUT2D eigenvalue weighted by atomic mass is 10.1. The van der Waals surface area contributed by atoms with Crippen molar-refractivity contribution in [3.63, 3.8) is 0 Å². The van der Waals surface area contributed by atoms with Gasteiger partial charge >= 0.3 is 0 Å². The molecule has 1 aromatic heterocycles. The molecule has 1 aromatic rings. The van der Waals surface area contributed by atoms with E-state index in [9.17, 15) is 4.79 Å². The number of hydrogen-bond donors (Lipinski definition) is 1. The van der Waals surface area contributed by atoms with Gasteiger partial charge in [0.05, 0.1) is 18.0 Å². The molecule has 1 aliphatic heterocycles. The topological polar surface area (TPSA) is 46.3 Å². The molecule has 0 bridgehead atoms. The first-order chi connectivity index (χ1) is 8.72. The SMILES string of the molecule is CCC1CC(=O)N(Cc2ccc(C#CCN)s2)C1. The molecule has 1 aliphatic rings. The fourth-order valence-corrected chi connectivity index (χ4v) is 3.03. The molecule has 1 amide bonds. The maximum absolute atomic E-state index is 11.8. The van der Waals surface area contributed by atoms with Crippen LogP contribution in [0.3, 0.4) is 0 Å². The van der Waals surface area contributed by atoms with Crippen LogP contribution in [-0.2, 0) is 11.3 Å². The Kier molecular flexibility index (Phi) is 4.40. The fraction of sp³-hybridized carbons (Fsp3) is 0.500. The van der Waals surface area contributed by atoms with Crippen LogP contribution in [-0.4, -0.2) is 23.9 Å². The van der Waals surface area contributed by atoms with Gasteiger partial charge in [-0.3, -0.25) is 4.79 Å². The third kappa shape index (κ3) is 3.12. The normalized spacial score (nSPS) is 18.9. The molecule has 18 heavy (non-hydrogen) atoms. The highest BCUT2D eigenvalue weighted by atomic mass is 32.1. The van der Waals surface area contributed by atoms with Crippen LogP contribution in [0.5, 0.6) is 0 Å². The molecule has 0 radical (unpaired) electrons. The Bertz CT molecular complexity index is 483. The van der Waals surface area contributed by atoms with Crippen LogP contribution in [0.4, 0.5) is 0 Å². The summed E-state index contributed by atoms with van der Waals surface area (Å²) < 4.78 is 0. The van der Waals surface area contributed by atoms with E-state index in [4.69, 9.17) is 5.73 Å². The van der Waals surface area contributed by atoms with E-state index in [0.29, 0.717) is 18.9 Å². The molecule has 0 aromatic carbocycles. The molecule has 96 valence electrons. The molecule has 1 atom stereocenters. The summed E-state index contributed by atoms with van der Waals surface area (Å²) >= 11 is 1.65. The van der Waals surface area contributed by atoms with Crippen molar-refractivity contribution in [2.75, 3.05) is 13.1 Å². The third-order valence-corrected chi connectivity index (χ3v) is 4.18. The highest BCUT2D eigenvalue weighted by Gasteiger charge is 2.28. The van der Waals surface area contributed by atoms with Crippen LogP contribution in [0.25, 0.3) is 0 Å². The van der Waals surface area contributed by atoms with Gasteiger partial charge in [0.1, 0.15) is 0 Å². The largest absolute Gasteiger partial charge is 0.337 e. The van der Waals surface area contributed by atoms with Crippen molar-refractivity contribution in [2.24, 2.45) is 11.7 Å². The van der Waals surface area contributed by atoms with Crippen LogP contribution < -0.4 is 5.73 Å². The first kappa shape index (κ1) is 13.1. The van der Waals surface area contributed by atoms with Crippen LogP contribution in [0.2, 0.25) is 0 Å². The minimum Gasteiger partial charge on any atom is -0.337 e. The Balaban J connectivity index is 1.97. The average molecular weight is 262 g/mol. The Morgan fingerprint density at radius 2 is 2.39 bits per heavy atom.